The number of hydrogen-bond donors (Lipinski definition) is 2. The van der Waals surface area contributed by atoms with Gasteiger partial charge in [-0.1, -0.05) is 23.7 Å². The number of amides is 1. The topological polar surface area (TPSA) is 105 Å². The minimum atomic E-state index is -4.90. The highest BCUT2D eigenvalue weighted by atomic mass is 35.5. The van der Waals surface area contributed by atoms with Gasteiger partial charge in [-0.3, -0.25) is 19.7 Å². The van der Waals surface area contributed by atoms with E-state index in [0.717, 1.165) is 11.8 Å². The van der Waals surface area contributed by atoms with Crippen molar-refractivity contribution in [2.75, 3.05) is 6.54 Å². The SMILES string of the molecule is O=C(NCCc1ccc(Cl)cc1)c1c[nH]c2c([N+](=O)[O-])cc(C(F)(F)F)cc2c1=O. The van der Waals surface area contributed by atoms with Crippen LogP contribution in [0.25, 0.3) is 10.9 Å². The Morgan fingerprint density at radius 3 is 2.47 bits per heavy atom. The maximum absolute atomic E-state index is 13.1. The average Bonchev–Trinajstić information content (AvgIpc) is 2.68. The number of aromatic nitrogens is 1. The summed E-state index contributed by atoms with van der Waals surface area (Å²) in [7, 11) is 0. The lowest BCUT2D eigenvalue weighted by atomic mass is 10.1. The van der Waals surface area contributed by atoms with E-state index < -0.39 is 50.2 Å². The second-order valence-electron chi connectivity index (χ2n) is 6.34. The number of carbonyl (C=O) groups excluding carboxylic acids is 1. The third-order valence-corrected chi connectivity index (χ3v) is 4.60. The summed E-state index contributed by atoms with van der Waals surface area (Å²) < 4.78 is 39.2. The van der Waals surface area contributed by atoms with Crippen molar-refractivity contribution in [2.45, 2.75) is 12.6 Å². The summed E-state index contributed by atoms with van der Waals surface area (Å²) in [6.07, 6.45) is -3.52. The molecular formula is C19H13ClF3N3O4. The molecule has 0 aliphatic rings. The molecule has 0 aliphatic heterocycles. The Morgan fingerprint density at radius 2 is 1.87 bits per heavy atom. The van der Waals surface area contributed by atoms with Gasteiger partial charge >= 0.3 is 6.18 Å². The van der Waals surface area contributed by atoms with Crippen molar-refractivity contribution in [3.63, 3.8) is 0 Å². The van der Waals surface area contributed by atoms with Gasteiger partial charge in [-0.2, -0.15) is 13.2 Å². The number of pyridine rings is 1. The van der Waals surface area contributed by atoms with Crippen molar-refractivity contribution in [1.29, 1.82) is 0 Å². The van der Waals surface area contributed by atoms with E-state index >= 15 is 0 Å². The molecule has 0 spiro atoms. The highest BCUT2D eigenvalue weighted by molar-refractivity contribution is 6.30. The van der Waals surface area contributed by atoms with Gasteiger partial charge in [0, 0.05) is 23.8 Å². The zero-order chi connectivity index (χ0) is 22.1. The van der Waals surface area contributed by atoms with Crippen LogP contribution in [-0.4, -0.2) is 22.4 Å². The number of halogens is 4. The van der Waals surface area contributed by atoms with Crippen LogP contribution in [0.2, 0.25) is 5.02 Å². The molecule has 0 radical (unpaired) electrons. The van der Waals surface area contributed by atoms with E-state index in [9.17, 15) is 32.9 Å². The van der Waals surface area contributed by atoms with E-state index in [1.807, 2.05) is 0 Å². The number of fused-ring (bicyclic) bond motifs is 1. The Balaban J connectivity index is 1.91. The molecule has 0 bridgehead atoms. The Hall–Kier alpha value is -3.40. The van der Waals surface area contributed by atoms with E-state index in [2.05, 4.69) is 10.3 Å². The lowest BCUT2D eigenvalue weighted by Gasteiger charge is -2.10. The molecule has 1 amide bonds. The van der Waals surface area contributed by atoms with Crippen LogP contribution in [0.3, 0.4) is 0 Å². The van der Waals surface area contributed by atoms with Crippen LogP contribution >= 0.6 is 11.6 Å². The van der Waals surface area contributed by atoms with Crippen LogP contribution in [0.5, 0.6) is 0 Å². The van der Waals surface area contributed by atoms with E-state index in [4.69, 9.17) is 11.6 Å². The van der Waals surface area contributed by atoms with Gasteiger partial charge < -0.3 is 10.3 Å². The summed E-state index contributed by atoms with van der Waals surface area (Å²) in [6.45, 7) is 0.153. The maximum atomic E-state index is 13.1. The van der Waals surface area contributed by atoms with E-state index in [1.54, 1.807) is 24.3 Å². The molecule has 0 saturated heterocycles. The summed E-state index contributed by atoms with van der Waals surface area (Å²) in [5.74, 6) is -0.813. The first kappa shape index (κ1) is 21.3. The monoisotopic (exact) mass is 439 g/mol. The van der Waals surface area contributed by atoms with Crippen molar-refractivity contribution in [3.05, 3.63) is 84.6 Å². The molecule has 0 aliphatic carbocycles. The minimum absolute atomic E-state index is 0.153. The molecule has 0 unspecified atom stereocenters. The van der Waals surface area contributed by atoms with Crippen LogP contribution < -0.4 is 10.7 Å². The molecular weight excluding hydrogens is 427 g/mol. The Kier molecular flexibility index (Phi) is 5.79. The Morgan fingerprint density at radius 1 is 1.20 bits per heavy atom. The van der Waals surface area contributed by atoms with Gasteiger partial charge in [-0.25, -0.2) is 0 Å². The van der Waals surface area contributed by atoms with Crippen LogP contribution in [0.4, 0.5) is 18.9 Å². The average molecular weight is 440 g/mol. The number of rotatable bonds is 5. The fourth-order valence-corrected chi connectivity index (χ4v) is 2.98. The molecule has 11 heteroatoms. The molecule has 3 aromatic rings. The first-order chi connectivity index (χ1) is 14.1. The number of nitrogens with one attached hydrogen (secondary N) is 2. The van der Waals surface area contributed by atoms with Crippen LogP contribution in [-0.2, 0) is 12.6 Å². The van der Waals surface area contributed by atoms with Crippen LogP contribution in [0, 0.1) is 10.1 Å². The van der Waals surface area contributed by atoms with Gasteiger partial charge in [0.25, 0.3) is 11.6 Å². The second-order valence-corrected chi connectivity index (χ2v) is 6.77. The van der Waals surface area contributed by atoms with Crippen LogP contribution in [0.1, 0.15) is 21.5 Å². The first-order valence-corrected chi connectivity index (χ1v) is 8.89. The largest absolute Gasteiger partial charge is 0.416 e. The number of non-ortho nitro benzene ring substituents is 1. The molecule has 7 nitrogen and oxygen atoms in total. The lowest BCUT2D eigenvalue weighted by Crippen LogP contribution is -2.30. The number of nitro groups is 1. The van der Waals surface area contributed by atoms with E-state index in [1.165, 1.54) is 0 Å². The maximum Gasteiger partial charge on any atom is 0.416 e. The van der Waals surface area contributed by atoms with Crippen molar-refractivity contribution < 1.29 is 22.9 Å². The molecule has 2 aromatic carbocycles. The lowest BCUT2D eigenvalue weighted by molar-refractivity contribution is -0.383. The molecule has 30 heavy (non-hydrogen) atoms. The third-order valence-electron chi connectivity index (χ3n) is 4.35. The summed E-state index contributed by atoms with van der Waals surface area (Å²) in [5, 5.41) is 13.6. The highest BCUT2D eigenvalue weighted by Gasteiger charge is 2.34. The van der Waals surface area contributed by atoms with Gasteiger partial charge in [-0.15, -0.1) is 0 Å². The Labute approximate surface area is 171 Å². The zero-order valence-corrected chi connectivity index (χ0v) is 15.8. The number of carbonyl (C=O) groups is 1. The van der Waals surface area contributed by atoms with Gasteiger partial charge in [0.2, 0.25) is 5.43 Å². The number of H-pyrrole nitrogens is 1. The van der Waals surface area contributed by atoms with Gasteiger partial charge in [0.15, 0.2) is 0 Å². The Bertz CT molecular complexity index is 1190. The molecule has 0 fully saturated rings. The molecule has 156 valence electrons. The zero-order valence-electron chi connectivity index (χ0n) is 15.0. The van der Waals surface area contributed by atoms with Gasteiger partial charge in [0.1, 0.15) is 11.1 Å². The predicted octanol–water partition coefficient (Wildman–Crippen LogP) is 4.08. The first-order valence-electron chi connectivity index (χ1n) is 8.51. The quantitative estimate of drug-likeness (QED) is 0.461. The van der Waals surface area contributed by atoms with Crippen molar-refractivity contribution in [1.82, 2.24) is 10.3 Å². The molecule has 3 rings (SSSR count). The number of hydrogen-bond acceptors (Lipinski definition) is 4. The van der Waals surface area contributed by atoms with Crippen molar-refractivity contribution in [3.8, 4) is 0 Å². The summed E-state index contributed by atoms with van der Waals surface area (Å²) in [5.41, 5.74) is -3.28. The standard InChI is InChI=1S/C19H13ClF3N3O4/c20-12-3-1-10(2-4-12)5-6-24-18(28)14-9-25-16-13(17(14)27)7-11(19(21,22)23)8-15(16)26(29)30/h1-4,7-9H,5-6H2,(H,24,28)(H,25,27). The number of nitro benzene ring substituents is 1. The number of benzene rings is 2. The number of aromatic amines is 1. The fourth-order valence-electron chi connectivity index (χ4n) is 2.86. The summed E-state index contributed by atoms with van der Waals surface area (Å²) >= 11 is 5.79. The third kappa shape index (κ3) is 4.43. The van der Waals surface area contributed by atoms with Crippen LogP contribution in [0.15, 0.2) is 47.4 Å². The van der Waals surface area contributed by atoms with Crippen molar-refractivity contribution >= 4 is 34.1 Å². The minimum Gasteiger partial charge on any atom is -0.355 e. The summed E-state index contributed by atoms with van der Waals surface area (Å²) in [4.78, 5) is 37.5. The van der Waals surface area contributed by atoms with E-state index in [-0.39, 0.29) is 6.54 Å². The van der Waals surface area contributed by atoms with Gasteiger partial charge in [-0.05, 0) is 30.2 Å². The van der Waals surface area contributed by atoms with E-state index in [0.29, 0.717) is 23.6 Å². The second kappa shape index (κ2) is 8.15. The molecule has 1 heterocycles. The predicted molar refractivity (Wildman–Crippen MR) is 104 cm³/mol. The molecule has 1 aromatic heterocycles. The molecule has 0 atom stereocenters. The highest BCUT2D eigenvalue weighted by Crippen LogP contribution is 2.34. The smallest absolute Gasteiger partial charge is 0.355 e. The van der Waals surface area contributed by atoms with Gasteiger partial charge in [0.05, 0.1) is 15.9 Å². The fraction of sp³-hybridized carbons (Fsp3) is 0.158. The molecule has 2 N–H and O–H groups in total. The van der Waals surface area contributed by atoms with Crippen molar-refractivity contribution in [2.24, 2.45) is 0 Å². The molecule has 0 saturated carbocycles. The summed E-state index contributed by atoms with van der Waals surface area (Å²) in [6, 6.07) is 7.70. The number of nitrogens with zero attached hydrogens (tertiary/aromatic N) is 1. The normalized spacial score (nSPS) is 11.5. The number of alkyl halides is 3.